The van der Waals surface area contributed by atoms with Gasteiger partial charge in [-0.25, -0.2) is 15.0 Å². The highest BCUT2D eigenvalue weighted by Gasteiger charge is 2.30. The fraction of sp³-hybridized carbons (Fsp3) is 0.167. The Labute approximate surface area is 331 Å². The molecule has 0 amide bonds. The minimum atomic E-state index is -0.463. The molecule has 0 saturated heterocycles. The van der Waals surface area contributed by atoms with Crippen LogP contribution in [0.4, 0.5) is 39.6 Å². The SMILES string of the molecule is COc1ccccc1Nc1nc(N(c2nc3ccccc3s2)c2ccccc2OC)cc(C)c1/N=N/c1c(C#N)c(C(C)(C)C)nn1-c1nc2ccccc2s1. The van der Waals surface area contributed by atoms with Crippen molar-refractivity contribution in [3.05, 3.63) is 120 Å². The van der Waals surface area contributed by atoms with E-state index in [-0.39, 0.29) is 5.82 Å². The first-order chi connectivity index (χ1) is 27.2. The number of benzene rings is 4. The highest BCUT2D eigenvalue weighted by Crippen LogP contribution is 2.46. The number of para-hydroxylation sites is 6. The van der Waals surface area contributed by atoms with Crippen LogP contribution in [0.5, 0.6) is 11.5 Å². The molecule has 0 saturated carbocycles. The predicted octanol–water partition coefficient (Wildman–Crippen LogP) is 11.6. The van der Waals surface area contributed by atoms with Crippen molar-refractivity contribution < 1.29 is 9.47 Å². The van der Waals surface area contributed by atoms with Gasteiger partial charge in [-0.3, -0.25) is 4.90 Å². The normalized spacial score (nSPS) is 11.7. The molecule has 0 bridgehead atoms. The van der Waals surface area contributed by atoms with Gasteiger partial charge in [-0.2, -0.15) is 15.0 Å². The topological polar surface area (TPSA) is 139 Å². The minimum Gasteiger partial charge on any atom is -0.495 e. The van der Waals surface area contributed by atoms with Crippen LogP contribution in [-0.2, 0) is 5.41 Å². The summed E-state index contributed by atoms with van der Waals surface area (Å²) in [4.78, 5) is 17.1. The average molecular weight is 777 g/mol. The molecule has 0 aliphatic rings. The Morgan fingerprint density at radius 2 is 1.43 bits per heavy atom. The molecule has 278 valence electrons. The lowest BCUT2D eigenvalue weighted by Crippen LogP contribution is -2.14. The molecular weight excluding hydrogens is 741 g/mol. The molecule has 12 nitrogen and oxygen atoms in total. The maximum absolute atomic E-state index is 10.5. The molecule has 8 aromatic rings. The molecule has 0 aliphatic carbocycles. The number of aryl methyl sites for hydroxylation is 1. The second-order valence-electron chi connectivity index (χ2n) is 13.8. The molecule has 4 aromatic carbocycles. The largest absolute Gasteiger partial charge is 0.495 e. The Morgan fingerprint density at radius 1 is 0.786 bits per heavy atom. The van der Waals surface area contributed by atoms with Crippen LogP contribution >= 0.6 is 22.7 Å². The molecule has 0 fully saturated rings. The van der Waals surface area contributed by atoms with E-state index in [0.29, 0.717) is 56.0 Å². The molecule has 0 unspecified atom stereocenters. The molecule has 0 radical (unpaired) electrons. The zero-order valence-electron chi connectivity index (χ0n) is 31.5. The van der Waals surface area contributed by atoms with Crippen LogP contribution in [0.3, 0.4) is 0 Å². The maximum Gasteiger partial charge on any atom is 0.213 e. The number of methoxy groups -OCH3 is 2. The summed E-state index contributed by atoms with van der Waals surface area (Å²) in [6.45, 7) is 7.99. The number of hydrogen-bond donors (Lipinski definition) is 1. The first kappa shape index (κ1) is 36.3. The summed E-state index contributed by atoms with van der Waals surface area (Å²) in [5, 5.41) is 29.9. The van der Waals surface area contributed by atoms with Gasteiger partial charge in [0.2, 0.25) is 5.13 Å². The van der Waals surface area contributed by atoms with Gasteiger partial charge in [0.25, 0.3) is 0 Å². The van der Waals surface area contributed by atoms with Gasteiger partial charge in [-0.1, -0.05) is 92.0 Å². The van der Waals surface area contributed by atoms with Crippen molar-refractivity contribution in [2.45, 2.75) is 33.1 Å². The Morgan fingerprint density at radius 3 is 2.11 bits per heavy atom. The van der Waals surface area contributed by atoms with E-state index in [9.17, 15) is 5.26 Å². The number of anilines is 5. The van der Waals surface area contributed by atoms with Crippen molar-refractivity contribution in [2.75, 3.05) is 24.4 Å². The Balaban J connectivity index is 1.34. The number of nitriles is 1. The lowest BCUT2D eigenvalue weighted by Gasteiger charge is -2.24. The van der Waals surface area contributed by atoms with Gasteiger partial charge in [-0.15, -0.1) is 10.2 Å². The van der Waals surface area contributed by atoms with Crippen LogP contribution in [0, 0.1) is 18.3 Å². The van der Waals surface area contributed by atoms with E-state index in [1.54, 1.807) is 30.2 Å². The number of rotatable bonds is 10. The molecule has 0 spiro atoms. The minimum absolute atomic E-state index is 0.272. The standard InChI is InChI=1S/C42H36N10O2S2/c1-25-23-35(51(30-18-10-12-20-32(30)54-6)40-45-28-16-8-13-21-33(28)55-40)47-38(44-27-15-7-11-19-31(27)53-5)36(25)48-49-39-26(24-43)37(42(2,3)4)50-52(39)41-46-29-17-9-14-22-34(29)56-41/h7-23H,1-6H3,(H,44,47)/b49-48+. The van der Waals surface area contributed by atoms with Gasteiger partial charge in [0.15, 0.2) is 16.8 Å². The lowest BCUT2D eigenvalue weighted by molar-refractivity contribution is 0.416. The lowest BCUT2D eigenvalue weighted by atomic mass is 9.90. The third-order valence-electron chi connectivity index (χ3n) is 8.95. The third-order valence-corrected chi connectivity index (χ3v) is 11.0. The van der Waals surface area contributed by atoms with E-state index in [2.05, 4.69) is 11.4 Å². The van der Waals surface area contributed by atoms with Gasteiger partial charge in [0.1, 0.15) is 34.6 Å². The zero-order valence-corrected chi connectivity index (χ0v) is 33.1. The van der Waals surface area contributed by atoms with Gasteiger partial charge >= 0.3 is 0 Å². The number of hydrogen-bond acceptors (Lipinski definition) is 13. The van der Waals surface area contributed by atoms with Crippen molar-refractivity contribution in [1.82, 2.24) is 24.7 Å². The first-order valence-corrected chi connectivity index (χ1v) is 19.3. The van der Waals surface area contributed by atoms with Crippen LogP contribution in [0.25, 0.3) is 25.6 Å². The van der Waals surface area contributed by atoms with E-state index in [4.69, 9.17) is 39.8 Å². The second-order valence-corrected chi connectivity index (χ2v) is 15.8. The highest BCUT2D eigenvalue weighted by atomic mass is 32.1. The number of nitrogens with one attached hydrogen (secondary N) is 1. The summed E-state index contributed by atoms with van der Waals surface area (Å²) in [7, 11) is 3.26. The van der Waals surface area contributed by atoms with Crippen LogP contribution < -0.4 is 19.7 Å². The molecule has 4 aromatic heterocycles. The molecule has 4 heterocycles. The number of ether oxygens (including phenoxy) is 2. The number of nitrogens with zero attached hydrogens (tertiary/aromatic N) is 9. The smallest absolute Gasteiger partial charge is 0.213 e. The highest BCUT2D eigenvalue weighted by molar-refractivity contribution is 7.22. The van der Waals surface area contributed by atoms with Gasteiger partial charge < -0.3 is 14.8 Å². The van der Waals surface area contributed by atoms with Crippen LogP contribution in [0.2, 0.25) is 0 Å². The Bertz CT molecular complexity index is 2740. The summed E-state index contributed by atoms with van der Waals surface area (Å²) >= 11 is 3.01. The van der Waals surface area contributed by atoms with Crippen molar-refractivity contribution >= 4 is 82.8 Å². The second kappa shape index (κ2) is 14.9. The number of fused-ring (bicyclic) bond motifs is 2. The van der Waals surface area contributed by atoms with E-state index in [0.717, 1.165) is 31.7 Å². The summed E-state index contributed by atoms with van der Waals surface area (Å²) in [5.74, 6) is 2.50. The maximum atomic E-state index is 10.5. The summed E-state index contributed by atoms with van der Waals surface area (Å²) in [6, 6.07) is 35.5. The quantitative estimate of drug-likeness (QED) is 0.134. The van der Waals surface area contributed by atoms with Crippen LogP contribution in [0.1, 0.15) is 37.6 Å². The summed E-state index contributed by atoms with van der Waals surface area (Å²) in [5.41, 5.74) is 4.77. The van der Waals surface area contributed by atoms with Gasteiger partial charge in [0, 0.05) is 5.41 Å². The Kier molecular flexibility index (Phi) is 9.63. The van der Waals surface area contributed by atoms with Gasteiger partial charge in [-0.05, 0) is 67.1 Å². The van der Waals surface area contributed by atoms with E-state index >= 15 is 0 Å². The van der Waals surface area contributed by atoms with Crippen molar-refractivity contribution in [3.8, 4) is 22.7 Å². The predicted molar refractivity (Wildman–Crippen MR) is 224 cm³/mol. The van der Waals surface area contributed by atoms with E-state index in [1.807, 2.05) is 136 Å². The molecule has 0 aliphatic heterocycles. The van der Waals surface area contributed by atoms with Crippen molar-refractivity contribution in [2.24, 2.45) is 10.2 Å². The van der Waals surface area contributed by atoms with E-state index in [1.165, 1.54) is 11.3 Å². The number of azo groups is 1. The van der Waals surface area contributed by atoms with Crippen LogP contribution in [0.15, 0.2) is 113 Å². The molecule has 0 atom stereocenters. The fourth-order valence-corrected chi connectivity index (χ4v) is 8.17. The van der Waals surface area contributed by atoms with E-state index < -0.39 is 5.41 Å². The fourth-order valence-electron chi connectivity index (χ4n) is 6.26. The third kappa shape index (κ3) is 6.78. The monoisotopic (exact) mass is 776 g/mol. The van der Waals surface area contributed by atoms with Crippen LogP contribution in [-0.4, -0.2) is 39.0 Å². The molecule has 1 N–H and O–H groups in total. The molecule has 56 heavy (non-hydrogen) atoms. The summed E-state index contributed by atoms with van der Waals surface area (Å²) < 4.78 is 15.2. The number of thiazole rings is 2. The zero-order chi connectivity index (χ0) is 39.0. The first-order valence-electron chi connectivity index (χ1n) is 17.7. The molecule has 14 heteroatoms. The van der Waals surface area contributed by atoms with Gasteiger partial charge in [0.05, 0.1) is 51.7 Å². The summed E-state index contributed by atoms with van der Waals surface area (Å²) in [6.07, 6.45) is 0. The number of aromatic nitrogens is 5. The number of pyridine rings is 1. The molecular formula is C42H36N10O2S2. The van der Waals surface area contributed by atoms with Crippen molar-refractivity contribution in [1.29, 1.82) is 5.26 Å². The van der Waals surface area contributed by atoms with Crippen molar-refractivity contribution in [3.63, 3.8) is 0 Å². The molecule has 8 rings (SSSR count). The Hall–Kier alpha value is -6.69. The average Bonchev–Trinajstić information content (AvgIpc) is 3.93.